The molecule has 1 saturated carbocycles. The summed E-state index contributed by atoms with van der Waals surface area (Å²) in [5.74, 6) is -5.11. The molecule has 5 aliphatic rings. The number of ether oxygens (including phenoxy) is 3. The highest BCUT2D eigenvalue weighted by Gasteiger charge is 2.77. The zero-order valence-corrected chi connectivity index (χ0v) is 15.9. The lowest BCUT2D eigenvalue weighted by Gasteiger charge is -2.62. The third-order valence-electron chi connectivity index (χ3n) is 7.09. The summed E-state index contributed by atoms with van der Waals surface area (Å²) < 4.78 is 59.7. The predicted octanol–water partition coefficient (Wildman–Crippen LogP) is 3.10. The van der Waals surface area contributed by atoms with Crippen LogP contribution in [0.15, 0.2) is 0 Å². The van der Waals surface area contributed by atoms with Crippen molar-refractivity contribution in [2.75, 3.05) is 13.2 Å². The van der Waals surface area contributed by atoms with Crippen molar-refractivity contribution in [1.29, 1.82) is 0 Å². The average Bonchev–Trinajstić information content (AvgIpc) is 2.82. The van der Waals surface area contributed by atoms with Gasteiger partial charge in [0.1, 0.15) is 0 Å². The summed E-state index contributed by atoms with van der Waals surface area (Å²) in [6, 6.07) is 0. The monoisotopic (exact) mass is 395 g/mol. The smallest absolute Gasteiger partial charge is 0.341 e. The van der Waals surface area contributed by atoms with Gasteiger partial charge < -0.3 is 19.9 Å². The summed E-state index contributed by atoms with van der Waals surface area (Å²) >= 11 is 0. The van der Waals surface area contributed by atoms with Crippen LogP contribution in [0.2, 0.25) is 0 Å². The van der Waals surface area contributed by atoms with Gasteiger partial charge in [-0.05, 0) is 38.0 Å². The summed E-state index contributed by atoms with van der Waals surface area (Å²) in [6.45, 7) is 5.01. The van der Waals surface area contributed by atoms with Crippen LogP contribution in [0.4, 0.5) is 13.2 Å². The van der Waals surface area contributed by atoms with Gasteiger partial charge in [-0.25, -0.2) is 9.78 Å². The first-order valence-electron chi connectivity index (χ1n) is 9.73. The van der Waals surface area contributed by atoms with Gasteiger partial charge in [0.15, 0.2) is 11.9 Å². The van der Waals surface area contributed by atoms with Crippen LogP contribution in [0, 0.1) is 23.7 Å². The fraction of sp³-hybridized carbons (Fsp3) is 1.00. The van der Waals surface area contributed by atoms with Crippen molar-refractivity contribution in [2.24, 2.45) is 29.4 Å². The molecule has 27 heavy (non-hydrogen) atoms. The largest absolute Gasteiger partial charge is 0.443 e. The zero-order chi connectivity index (χ0) is 19.7. The first kappa shape index (κ1) is 19.8. The molecule has 4 saturated heterocycles. The van der Waals surface area contributed by atoms with E-state index in [4.69, 9.17) is 29.7 Å². The van der Waals surface area contributed by atoms with E-state index in [9.17, 15) is 13.2 Å². The Morgan fingerprint density at radius 3 is 2.48 bits per heavy atom. The SMILES string of the molecule is C[C@@H]1CC[C@H]2[C@@H](C)[C@](OCCN)(C(F)(F)F)O[C@@H]3O[C@@]4(C)CC[C@@H]1[C@]32OO4. The quantitative estimate of drug-likeness (QED) is 0.741. The second kappa shape index (κ2) is 6.27. The summed E-state index contributed by atoms with van der Waals surface area (Å²) in [5, 5.41) is 0. The first-order valence-corrected chi connectivity index (χ1v) is 9.73. The highest BCUT2D eigenvalue weighted by molar-refractivity contribution is 5.12. The fourth-order valence-corrected chi connectivity index (χ4v) is 5.70. The van der Waals surface area contributed by atoms with Gasteiger partial charge in [-0.15, -0.1) is 0 Å². The second-order valence-electron chi connectivity index (χ2n) is 8.62. The molecule has 6 nitrogen and oxygen atoms in total. The second-order valence-corrected chi connectivity index (χ2v) is 8.62. The fourth-order valence-electron chi connectivity index (χ4n) is 5.70. The molecule has 5 rings (SSSR count). The Labute approximate surface area is 156 Å². The number of nitrogens with two attached hydrogens (primary N) is 1. The van der Waals surface area contributed by atoms with Crippen molar-refractivity contribution >= 4 is 0 Å². The molecule has 8 atom stereocenters. The molecule has 0 amide bonds. The third-order valence-corrected chi connectivity index (χ3v) is 7.09. The van der Waals surface area contributed by atoms with Gasteiger partial charge in [0, 0.05) is 24.8 Å². The summed E-state index contributed by atoms with van der Waals surface area (Å²) in [5.41, 5.74) is 4.36. The van der Waals surface area contributed by atoms with Gasteiger partial charge in [-0.2, -0.15) is 13.2 Å². The Morgan fingerprint density at radius 2 is 1.81 bits per heavy atom. The van der Waals surface area contributed by atoms with E-state index in [1.807, 2.05) is 0 Å². The van der Waals surface area contributed by atoms with Crippen LogP contribution in [0.1, 0.15) is 46.5 Å². The topological polar surface area (TPSA) is 72.2 Å². The van der Waals surface area contributed by atoms with Crippen LogP contribution in [0.5, 0.6) is 0 Å². The minimum atomic E-state index is -4.74. The molecule has 156 valence electrons. The van der Waals surface area contributed by atoms with Crippen molar-refractivity contribution in [1.82, 2.24) is 0 Å². The summed E-state index contributed by atoms with van der Waals surface area (Å²) in [4.78, 5) is 11.5. The molecule has 0 unspecified atom stereocenters. The molecule has 2 N–H and O–H groups in total. The van der Waals surface area contributed by atoms with Crippen LogP contribution in [-0.4, -0.2) is 42.8 Å². The van der Waals surface area contributed by atoms with Gasteiger partial charge in [0.05, 0.1) is 6.61 Å². The number of rotatable bonds is 3. The lowest BCUT2D eigenvalue weighted by Crippen LogP contribution is -2.76. The van der Waals surface area contributed by atoms with E-state index in [2.05, 4.69) is 6.92 Å². The Kier molecular flexibility index (Phi) is 4.61. The van der Waals surface area contributed by atoms with Crippen LogP contribution in [0.3, 0.4) is 0 Å². The summed E-state index contributed by atoms with van der Waals surface area (Å²) in [7, 11) is 0. The minimum absolute atomic E-state index is 0.00577. The highest BCUT2D eigenvalue weighted by Crippen LogP contribution is 2.64. The minimum Gasteiger partial charge on any atom is -0.341 e. The maximum atomic E-state index is 14.2. The van der Waals surface area contributed by atoms with Crippen LogP contribution in [-0.2, 0) is 24.0 Å². The van der Waals surface area contributed by atoms with Crippen molar-refractivity contribution < 1.29 is 37.2 Å². The van der Waals surface area contributed by atoms with E-state index < -0.39 is 41.5 Å². The van der Waals surface area contributed by atoms with Crippen LogP contribution in [0.25, 0.3) is 0 Å². The van der Waals surface area contributed by atoms with Crippen LogP contribution >= 0.6 is 0 Å². The van der Waals surface area contributed by atoms with Crippen molar-refractivity contribution in [3.63, 3.8) is 0 Å². The maximum absolute atomic E-state index is 14.2. The lowest BCUT2D eigenvalue weighted by atomic mass is 9.57. The molecular weight excluding hydrogens is 367 g/mol. The van der Waals surface area contributed by atoms with Crippen molar-refractivity contribution in [3.8, 4) is 0 Å². The van der Waals surface area contributed by atoms with Crippen LogP contribution < -0.4 is 5.73 Å². The maximum Gasteiger partial charge on any atom is 0.443 e. The van der Waals surface area contributed by atoms with E-state index in [-0.39, 0.29) is 25.0 Å². The number of hydrogen-bond acceptors (Lipinski definition) is 6. The van der Waals surface area contributed by atoms with Gasteiger partial charge >= 0.3 is 6.18 Å². The van der Waals surface area contributed by atoms with Crippen molar-refractivity contribution in [2.45, 2.75) is 76.1 Å². The lowest BCUT2D eigenvalue weighted by molar-refractivity contribution is -0.598. The highest BCUT2D eigenvalue weighted by atomic mass is 19.4. The predicted molar refractivity (Wildman–Crippen MR) is 86.8 cm³/mol. The molecule has 4 aliphatic heterocycles. The molecule has 1 spiro atoms. The van der Waals surface area contributed by atoms with E-state index in [1.54, 1.807) is 6.92 Å². The van der Waals surface area contributed by atoms with Gasteiger partial charge in [-0.1, -0.05) is 13.8 Å². The Balaban J connectivity index is 1.82. The molecular formula is C18H28F3NO5. The molecule has 0 radical (unpaired) electrons. The number of halogens is 3. The molecule has 9 heteroatoms. The van der Waals surface area contributed by atoms with Gasteiger partial charge in [0.2, 0.25) is 5.79 Å². The standard InChI is InChI=1S/C18H28F3NO5/c1-10-4-5-13-11(2)17(18(19,20)21,23-9-8-22)25-14-16(13)12(10)6-7-15(3,24-14)26-27-16/h10-14H,4-9,22H2,1-3H3/t10-,11-,12+,13+,14+,15-,16-,17-/m1/s1. The molecule has 1 aliphatic carbocycles. The Hall–Kier alpha value is -0.450. The average molecular weight is 395 g/mol. The molecule has 0 aromatic heterocycles. The number of alkyl halides is 3. The zero-order valence-electron chi connectivity index (χ0n) is 15.9. The molecule has 0 aromatic carbocycles. The molecule has 0 aromatic rings. The molecule has 2 bridgehead atoms. The number of hydrogen-bond donors (Lipinski definition) is 1. The number of fused-ring (bicyclic) bond motifs is 2. The molecule has 4 heterocycles. The van der Waals surface area contributed by atoms with Gasteiger partial charge in [0.25, 0.3) is 5.79 Å². The van der Waals surface area contributed by atoms with Gasteiger partial charge in [-0.3, -0.25) is 0 Å². The molecule has 5 fully saturated rings. The first-order chi connectivity index (χ1) is 12.6. The summed E-state index contributed by atoms with van der Waals surface area (Å²) in [6.07, 6.45) is -3.28. The van der Waals surface area contributed by atoms with E-state index in [1.165, 1.54) is 6.92 Å². The van der Waals surface area contributed by atoms with E-state index in [0.29, 0.717) is 12.8 Å². The van der Waals surface area contributed by atoms with E-state index >= 15 is 0 Å². The van der Waals surface area contributed by atoms with E-state index in [0.717, 1.165) is 12.8 Å². The van der Waals surface area contributed by atoms with Crippen molar-refractivity contribution in [3.05, 3.63) is 0 Å². The Morgan fingerprint density at radius 1 is 1.07 bits per heavy atom. The normalized spacial score (nSPS) is 52.3. The Bertz CT molecular complexity index is 592. The third kappa shape index (κ3) is 2.62.